The molecule has 108 valence electrons. The van der Waals surface area contributed by atoms with Crippen molar-refractivity contribution in [2.24, 2.45) is 0 Å². The molecule has 3 aromatic rings. The third kappa shape index (κ3) is 2.81. The van der Waals surface area contributed by atoms with Crippen molar-refractivity contribution in [1.82, 2.24) is 9.55 Å². The smallest absolute Gasteiger partial charge is 0.408 e. The van der Waals surface area contributed by atoms with Crippen molar-refractivity contribution in [2.75, 3.05) is 11.9 Å². The number of rotatable bonds is 5. The number of pyridine rings is 1. The lowest BCUT2D eigenvalue weighted by molar-refractivity contribution is 0.516. The number of aromatic nitrogens is 2. The maximum atomic E-state index is 12.0. The van der Waals surface area contributed by atoms with Crippen LogP contribution in [0, 0.1) is 0 Å². The van der Waals surface area contributed by atoms with E-state index in [4.69, 9.17) is 4.42 Å². The molecule has 0 fully saturated rings. The van der Waals surface area contributed by atoms with E-state index in [9.17, 15) is 4.79 Å². The highest BCUT2D eigenvalue weighted by Gasteiger charge is 2.09. The monoisotopic (exact) mass is 283 g/mol. The van der Waals surface area contributed by atoms with Gasteiger partial charge in [-0.25, -0.2) is 9.78 Å². The number of nitrogens with zero attached hydrogens (tertiary/aromatic N) is 2. The SMILES string of the molecule is CCCNc1cccc(Cn2c(=O)oc3ccccc32)n1. The lowest BCUT2D eigenvalue weighted by Gasteiger charge is -2.06. The molecule has 0 saturated heterocycles. The van der Waals surface area contributed by atoms with Gasteiger partial charge < -0.3 is 9.73 Å². The fraction of sp³-hybridized carbons (Fsp3) is 0.250. The van der Waals surface area contributed by atoms with Crippen LogP contribution in [0.5, 0.6) is 0 Å². The molecule has 5 heteroatoms. The maximum absolute atomic E-state index is 12.0. The maximum Gasteiger partial charge on any atom is 0.420 e. The van der Waals surface area contributed by atoms with Crippen molar-refractivity contribution in [3.63, 3.8) is 0 Å². The van der Waals surface area contributed by atoms with Gasteiger partial charge in [0.25, 0.3) is 0 Å². The number of anilines is 1. The van der Waals surface area contributed by atoms with Gasteiger partial charge in [-0.05, 0) is 30.7 Å². The number of benzene rings is 1. The van der Waals surface area contributed by atoms with E-state index in [1.165, 1.54) is 0 Å². The largest absolute Gasteiger partial charge is 0.420 e. The lowest BCUT2D eigenvalue weighted by atomic mass is 10.3. The van der Waals surface area contributed by atoms with Gasteiger partial charge in [-0.1, -0.05) is 25.1 Å². The van der Waals surface area contributed by atoms with Gasteiger partial charge in [-0.15, -0.1) is 0 Å². The molecule has 0 aliphatic rings. The second kappa shape index (κ2) is 5.83. The van der Waals surface area contributed by atoms with E-state index in [0.717, 1.165) is 30.0 Å². The zero-order valence-corrected chi connectivity index (χ0v) is 11.9. The van der Waals surface area contributed by atoms with Crippen LogP contribution in [0.25, 0.3) is 11.1 Å². The average molecular weight is 283 g/mol. The number of nitrogens with one attached hydrogen (secondary N) is 1. The Morgan fingerprint density at radius 3 is 2.90 bits per heavy atom. The molecule has 0 bridgehead atoms. The molecule has 21 heavy (non-hydrogen) atoms. The molecule has 0 atom stereocenters. The first-order valence-corrected chi connectivity index (χ1v) is 7.06. The number of hydrogen-bond donors (Lipinski definition) is 1. The second-order valence-electron chi connectivity index (χ2n) is 4.86. The first-order valence-electron chi connectivity index (χ1n) is 7.06. The molecule has 0 aliphatic heterocycles. The summed E-state index contributed by atoms with van der Waals surface area (Å²) in [6.07, 6.45) is 1.04. The Hall–Kier alpha value is -2.56. The van der Waals surface area contributed by atoms with E-state index in [-0.39, 0.29) is 5.76 Å². The highest BCUT2D eigenvalue weighted by molar-refractivity contribution is 5.72. The summed E-state index contributed by atoms with van der Waals surface area (Å²) in [7, 11) is 0. The van der Waals surface area contributed by atoms with E-state index < -0.39 is 0 Å². The second-order valence-corrected chi connectivity index (χ2v) is 4.86. The Kier molecular flexibility index (Phi) is 3.73. The fourth-order valence-electron chi connectivity index (χ4n) is 2.24. The third-order valence-electron chi connectivity index (χ3n) is 3.26. The van der Waals surface area contributed by atoms with Crippen molar-refractivity contribution in [3.05, 3.63) is 58.7 Å². The van der Waals surface area contributed by atoms with Crippen LogP contribution >= 0.6 is 0 Å². The molecule has 5 nitrogen and oxygen atoms in total. The minimum Gasteiger partial charge on any atom is -0.408 e. The summed E-state index contributed by atoms with van der Waals surface area (Å²) in [6, 6.07) is 13.2. The van der Waals surface area contributed by atoms with Crippen LogP contribution in [0.3, 0.4) is 0 Å². The van der Waals surface area contributed by atoms with Crippen LogP contribution in [0.1, 0.15) is 19.0 Å². The van der Waals surface area contributed by atoms with Gasteiger partial charge in [0.1, 0.15) is 5.82 Å². The molecule has 0 saturated carbocycles. The molecule has 0 unspecified atom stereocenters. The first kappa shape index (κ1) is 13.4. The van der Waals surface area contributed by atoms with Crippen LogP contribution in [0.15, 0.2) is 51.7 Å². The number of hydrogen-bond acceptors (Lipinski definition) is 4. The van der Waals surface area contributed by atoms with Crippen molar-refractivity contribution in [2.45, 2.75) is 19.9 Å². The van der Waals surface area contributed by atoms with E-state index >= 15 is 0 Å². The van der Waals surface area contributed by atoms with Crippen LogP contribution in [0.4, 0.5) is 5.82 Å². The molecule has 0 amide bonds. The molecule has 0 radical (unpaired) electrons. The Morgan fingerprint density at radius 1 is 1.19 bits per heavy atom. The van der Waals surface area contributed by atoms with Crippen molar-refractivity contribution >= 4 is 16.9 Å². The summed E-state index contributed by atoms with van der Waals surface area (Å²) in [5, 5.41) is 3.24. The summed E-state index contributed by atoms with van der Waals surface area (Å²) >= 11 is 0. The molecular formula is C16H17N3O2. The Morgan fingerprint density at radius 2 is 2.05 bits per heavy atom. The Labute approximate surface area is 122 Å². The molecule has 0 spiro atoms. The van der Waals surface area contributed by atoms with Crippen LogP contribution in [-0.4, -0.2) is 16.1 Å². The summed E-state index contributed by atoms with van der Waals surface area (Å²) in [4.78, 5) is 16.5. The number of oxazole rings is 1. The summed E-state index contributed by atoms with van der Waals surface area (Å²) in [5.74, 6) is 0.472. The van der Waals surface area contributed by atoms with Gasteiger partial charge >= 0.3 is 5.76 Å². The topological polar surface area (TPSA) is 60.1 Å². The third-order valence-corrected chi connectivity index (χ3v) is 3.26. The summed E-state index contributed by atoms with van der Waals surface area (Å²) in [5.41, 5.74) is 2.21. The predicted molar refractivity (Wildman–Crippen MR) is 82.6 cm³/mol. The summed E-state index contributed by atoms with van der Waals surface area (Å²) in [6.45, 7) is 3.39. The van der Waals surface area contributed by atoms with Gasteiger partial charge in [0.05, 0.1) is 17.8 Å². The van der Waals surface area contributed by atoms with Gasteiger partial charge in [0, 0.05) is 6.54 Å². The van der Waals surface area contributed by atoms with Crippen molar-refractivity contribution in [3.8, 4) is 0 Å². The van der Waals surface area contributed by atoms with Crippen LogP contribution < -0.4 is 11.1 Å². The molecule has 1 aromatic carbocycles. The molecule has 0 aliphatic carbocycles. The molecular weight excluding hydrogens is 266 g/mol. The van der Waals surface area contributed by atoms with Crippen molar-refractivity contribution < 1.29 is 4.42 Å². The van der Waals surface area contributed by atoms with E-state index in [1.807, 2.05) is 36.4 Å². The lowest BCUT2D eigenvalue weighted by Crippen LogP contribution is -2.16. The van der Waals surface area contributed by atoms with E-state index in [0.29, 0.717) is 12.1 Å². The van der Waals surface area contributed by atoms with Gasteiger partial charge in [-0.2, -0.15) is 0 Å². The molecule has 2 aromatic heterocycles. The fourth-order valence-corrected chi connectivity index (χ4v) is 2.24. The average Bonchev–Trinajstić information content (AvgIpc) is 2.82. The summed E-state index contributed by atoms with van der Waals surface area (Å²) < 4.78 is 6.83. The Bertz CT molecular complexity index is 804. The molecule has 3 rings (SSSR count). The quantitative estimate of drug-likeness (QED) is 0.782. The zero-order valence-electron chi connectivity index (χ0n) is 11.9. The normalized spacial score (nSPS) is 10.9. The highest BCUT2D eigenvalue weighted by atomic mass is 16.4. The van der Waals surface area contributed by atoms with Crippen LogP contribution in [0.2, 0.25) is 0 Å². The molecule has 1 N–H and O–H groups in total. The van der Waals surface area contributed by atoms with Gasteiger partial charge in [0.2, 0.25) is 0 Å². The first-order chi connectivity index (χ1) is 10.3. The molecule has 2 heterocycles. The number of para-hydroxylation sites is 2. The van der Waals surface area contributed by atoms with Gasteiger partial charge in [0.15, 0.2) is 5.58 Å². The Balaban J connectivity index is 1.92. The minimum atomic E-state index is -0.357. The van der Waals surface area contributed by atoms with Crippen molar-refractivity contribution in [1.29, 1.82) is 0 Å². The predicted octanol–water partition coefficient (Wildman–Crippen LogP) is 2.86. The standard InChI is InChI=1S/C16H17N3O2/c1-2-10-17-15-9-5-6-12(18-15)11-19-13-7-3-4-8-14(13)21-16(19)20/h3-9H,2,10-11H2,1H3,(H,17,18). The minimum absolute atomic E-state index is 0.357. The van der Waals surface area contributed by atoms with Crippen LogP contribution in [-0.2, 0) is 6.54 Å². The van der Waals surface area contributed by atoms with E-state index in [1.54, 1.807) is 10.6 Å². The zero-order chi connectivity index (χ0) is 14.7. The van der Waals surface area contributed by atoms with E-state index in [2.05, 4.69) is 17.2 Å². The number of fused-ring (bicyclic) bond motifs is 1. The van der Waals surface area contributed by atoms with Gasteiger partial charge in [-0.3, -0.25) is 4.57 Å². The highest BCUT2D eigenvalue weighted by Crippen LogP contribution is 2.13.